The lowest BCUT2D eigenvalue weighted by atomic mass is 10.1. The highest BCUT2D eigenvalue weighted by molar-refractivity contribution is 6.31. The molecule has 2 N–H and O–H groups in total. The van der Waals surface area contributed by atoms with Gasteiger partial charge in [-0.1, -0.05) is 17.7 Å². The number of benzene rings is 1. The molecule has 1 aliphatic heterocycles. The molecule has 1 fully saturated rings. The summed E-state index contributed by atoms with van der Waals surface area (Å²) < 4.78 is 0. The summed E-state index contributed by atoms with van der Waals surface area (Å²) in [6.07, 6.45) is 5.69. The van der Waals surface area contributed by atoms with Crippen LogP contribution in [0.4, 0.5) is 5.69 Å². The number of piperazine rings is 1. The molecule has 7 nitrogen and oxygen atoms in total. The maximum Gasteiger partial charge on any atom is 0.267 e. The monoisotopic (exact) mass is 426 g/mol. The van der Waals surface area contributed by atoms with Crippen molar-refractivity contribution in [2.75, 3.05) is 38.1 Å². The Bertz CT molecular complexity index is 982. The molecule has 2 aromatic rings. The van der Waals surface area contributed by atoms with Gasteiger partial charge in [-0.15, -0.1) is 0 Å². The predicted octanol–water partition coefficient (Wildman–Crippen LogP) is 2.90. The van der Waals surface area contributed by atoms with E-state index in [9.17, 15) is 9.59 Å². The zero-order chi connectivity index (χ0) is 21.5. The molecule has 1 aliphatic rings. The van der Waals surface area contributed by atoms with Crippen molar-refractivity contribution in [3.8, 4) is 0 Å². The standard InChI is InChI=1S/C22H23ClN4O3/c1-26-9-11-27(12-10-26)20-14-16(13-17(23)15-20)21(28)7-5-18-3-2-4-19(24-18)6-8-22(29)25-30/h2-8,13-15,30H,9-12H2,1H3,(H,25,29)/b7-5+,8-6+. The number of nitrogens with one attached hydrogen (secondary N) is 1. The summed E-state index contributed by atoms with van der Waals surface area (Å²) in [6, 6.07) is 10.6. The van der Waals surface area contributed by atoms with E-state index in [1.54, 1.807) is 30.3 Å². The van der Waals surface area contributed by atoms with Crippen LogP contribution in [-0.2, 0) is 4.79 Å². The molecule has 1 aromatic carbocycles. The Balaban J connectivity index is 1.73. The number of allylic oxidation sites excluding steroid dienone is 1. The van der Waals surface area contributed by atoms with E-state index in [0.717, 1.165) is 37.9 Å². The molecule has 8 heteroatoms. The Morgan fingerprint density at radius 3 is 2.40 bits per heavy atom. The number of likely N-dealkylation sites (N-methyl/N-ethyl adjacent to an activating group) is 1. The first-order valence-corrected chi connectivity index (χ1v) is 9.88. The molecule has 0 bridgehead atoms. The molecule has 0 saturated carbocycles. The largest absolute Gasteiger partial charge is 0.369 e. The van der Waals surface area contributed by atoms with Crippen LogP contribution in [0, 0.1) is 0 Å². The highest BCUT2D eigenvalue weighted by Crippen LogP contribution is 2.24. The van der Waals surface area contributed by atoms with Gasteiger partial charge >= 0.3 is 0 Å². The number of pyridine rings is 1. The van der Waals surface area contributed by atoms with Gasteiger partial charge in [-0.2, -0.15) is 0 Å². The zero-order valence-corrected chi connectivity index (χ0v) is 17.3. The number of aromatic nitrogens is 1. The minimum absolute atomic E-state index is 0.171. The first-order valence-electron chi connectivity index (χ1n) is 9.50. The number of amides is 1. The number of carbonyl (C=O) groups is 2. The van der Waals surface area contributed by atoms with Gasteiger partial charge in [-0.25, -0.2) is 10.5 Å². The van der Waals surface area contributed by atoms with E-state index in [4.69, 9.17) is 16.8 Å². The van der Waals surface area contributed by atoms with Crippen LogP contribution in [0.3, 0.4) is 0 Å². The Kier molecular flexibility index (Phi) is 7.35. The van der Waals surface area contributed by atoms with Gasteiger partial charge in [0.05, 0.1) is 11.4 Å². The van der Waals surface area contributed by atoms with E-state index in [-0.39, 0.29) is 5.78 Å². The lowest BCUT2D eigenvalue weighted by Crippen LogP contribution is -2.44. The van der Waals surface area contributed by atoms with E-state index in [1.165, 1.54) is 17.6 Å². The summed E-state index contributed by atoms with van der Waals surface area (Å²) in [6.45, 7) is 3.70. The Morgan fingerprint density at radius 2 is 1.73 bits per heavy atom. The molecule has 1 saturated heterocycles. The van der Waals surface area contributed by atoms with Gasteiger partial charge in [0, 0.05) is 48.5 Å². The number of halogens is 1. The second kappa shape index (κ2) is 10.2. The molecule has 3 rings (SSSR count). The third-order valence-corrected chi connectivity index (χ3v) is 4.97. The number of ketones is 1. The fourth-order valence-corrected chi connectivity index (χ4v) is 3.30. The summed E-state index contributed by atoms with van der Waals surface area (Å²) in [4.78, 5) is 32.6. The van der Waals surface area contributed by atoms with Gasteiger partial charge in [0.1, 0.15) is 0 Å². The van der Waals surface area contributed by atoms with Crippen molar-refractivity contribution in [3.63, 3.8) is 0 Å². The molecule has 0 unspecified atom stereocenters. The predicted molar refractivity (Wildman–Crippen MR) is 118 cm³/mol. The van der Waals surface area contributed by atoms with Crippen LogP contribution < -0.4 is 10.4 Å². The average Bonchev–Trinajstić information content (AvgIpc) is 2.76. The van der Waals surface area contributed by atoms with E-state index < -0.39 is 5.91 Å². The fraction of sp³-hybridized carbons (Fsp3) is 0.227. The Hall–Kier alpha value is -3.00. The summed E-state index contributed by atoms with van der Waals surface area (Å²) in [7, 11) is 2.09. The van der Waals surface area contributed by atoms with E-state index in [2.05, 4.69) is 21.8 Å². The second-order valence-corrected chi connectivity index (χ2v) is 7.42. The van der Waals surface area contributed by atoms with Crippen molar-refractivity contribution in [2.45, 2.75) is 0 Å². The van der Waals surface area contributed by atoms with Gasteiger partial charge in [0.25, 0.3) is 5.91 Å². The van der Waals surface area contributed by atoms with Crippen LogP contribution in [0.25, 0.3) is 12.2 Å². The average molecular weight is 427 g/mol. The Morgan fingerprint density at radius 1 is 1.07 bits per heavy atom. The minimum Gasteiger partial charge on any atom is -0.369 e. The first-order chi connectivity index (χ1) is 14.4. The quantitative estimate of drug-likeness (QED) is 0.320. The zero-order valence-electron chi connectivity index (χ0n) is 16.6. The van der Waals surface area contributed by atoms with Crippen molar-refractivity contribution in [1.82, 2.24) is 15.4 Å². The smallest absolute Gasteiger partial charge is 0.267 e. The molecule has 1 amide bonds. The SMILES string of the molecule is CN1CCN(c2cc(Cl)cc(C(=O)/C=C/c3cccc(/C=C/C(=O)NO)n3)c2)CC1. The highest BCUT2D eigenvalue weighted by Gasteiger charge is 2.16. The normalized spacial score (nSPS) is 15.1. The summed E-state index contributed by atoms with van der Waals surface area (Å²) in [5.74, 6) is -0.819. The van der Waals surface area contributed by atoms with Crippen molar-refractivity contribution >= 4 is 41.1 Å². The van der Waals surface area contributed by atoms with Crippen LogP contribution in [0.2, 0.25) is 5.02 Å². The van der Waals surface area contributed by atoms with E-state index >= 15 is 0 Å². The molecule has 0 radical (unpaired) electrons. The third-order valence-electron chi connectivity index (χ3n) is 4.75. The van der Waals surface area contributed by atoms with Gasteiger partial charge in [-0.05, 0) is 55.6 Å². The second-order valence-electron chi connectivity index (χ2n) is 6.98. The maximum absolute atomic E-state index is 12.7. The number of hydroxylamine groups is 1. The molecule has 0 atom stereocenters. The molecule has 156 valence electrons. The van der Waals surface area contributed by atoms with Gasteiger partial charge in [0.15, 0.2) is 5.78 Å². The number of hydrogen-bond donors (Lipinski definition) is 2. The minimum atomic E-state index is -0.648. The van der Waals surface area contributed by atoms with Crippen LogP contribution >= 0.6 is 11.6 Å². The number of carbonyl (C=O) groups excluding carboxylic acids is 2. The molecule has 2 heterocycles. The van der Waals surface area contributed by atoms with Crippen molar-refractivity contribution in [2.24, 2.45) is 0 Å². The number of nitrogens with zero attached hydrogens (tertiary/aromatic N) is 3. The lowest BCUT2D eigenvalue weighted by Gasteiger charge is -2.34. The Labute approximate surface area is 180 Å². The molecule has 0 aliphatic carbocycles. The highest BCUT2D eigenvalue weighted by atomic mass is 35.5. The molecule has 0 spiro atoms. The van der Waals surface area contributed by atoms with Gasteiger partial charge in [0.2, 0.25) is 0 Å². The summed E-state index contributed by atoms with van der Waals surface area (Å²) in [5.41, 5.74) is 4.06. The number of rotatable bonds is 6. The number of anilines is 1. The topological polar surface area (TPSA) is 85.8 Å². The van der Waals surface area contributed by atoms with E-state index in [1.807, 2.05) is 12.1 Å². The third kappa shape index (κ3) is 6.00. The fourth-order valence-electron chi connectivity index (χ4n) is 3.07. The summed E-state index contributed by atoms with van der Waals surface area (Å²) >= 11 is 6.27. The summed E-state index contributed by atoms with van der Waals surface area (Å²) in [5, 5.41) is 9.04. The van der Waals surface area contributed by atoms with Crippen LogP contribution in [0.1, 0.15) is 21.7 Å². The van der Waals surface area contributed by atoms with Crippen molar-refractivity contribution in [3.05, 3.63) is 70.5 Å². The van der Waals surface area contributed by atoms with Gasteiger partial charge in [-0.3, -0.25) is 14.8 Å². The molecule has 1 aromatic heterocycles. The van der Waals surface area contributed by atoms with Crippen LogP contribution in [0.5, 0.6) is 0 Å². The molecule has 30 heavy (non-hydrogen) atoms. The van der Waals surface area contributed by atoms with E-state index in [0.29, 0.717) is 22.0 Å². The lowest BCUT2D eigenvalue weighted by molar-refractivity contribution is -0.124. The van der Waals surface area contributed by atoms with Crippen LogP contribution in [0.15, 0.2) is 48.6 Å². The van der Waals surface area contributed by atoms with Crippen molar-refractivity contribution < 1.29 is 14.8 Å². The molecular weight excluding hydrogens is 404 g/mol. The number of hydrogen-bond acceptors (Lipinski definition) is 6. The van der Waals surface area contributed by atoms with Gasteiger partial charge < -0.3 is 9.80 Å². The van der Waals surface area contributed by atoms with Crippen LogP contribution in [-0.4, -0.2) is 60.0 Å². The molecular formula is C22H23ClN4O3. The van der Waals surface area contributed by atoms with Crippen molar-refractivity contribution in [1.29, 1.82) is 0 Å². The maximum atomic E-state index is 12.7. The first kappa shape index (κ1) is 21.7.